The average molecular weight is 538 g/mol. The Labute approximate surface area is 222 Å². The van der Waals surface area contributed by atoms with Gasteiger partial charge in [-0.15, -0.1) is 0 Å². The molecule has 0 amide bonds. The summed E-state index contributed by atoms with van der Waals surface area (Å²) < 4.78 is 34.9. The minimum atomic E-state index is -4.07. The maximum absolute atomic E-state index is 14.1. The largest absolute Gasteiger partial charge is 0.494 e. The second-order valence-corrected chi connectivity index (χ2v) is 11.3. The summed E-state index contributed by atoms with van der Waals surface area (Å²) in [5, 5.41) is 1.16. The second kappa shape index (κ2) is 10.2. The lowest BCUT2D eigenvalue weighted by Crippen LogP contribution is -2.44. The van der Waals surface area contributed by atoms with Crippen LogP contribution >= 0.6 is 11.6 Å². The Hall–Kier alpha value is -3.40. The molecule has 10 heteroatoms. The van der Waals surface area contributed by atoms with Gasteiger partial charge < -0.3 is 14.5 Å². The number of hydrogen-bond donors (Lipinski definition) is 0. The van der Waals surface area contributed by atoms with Gasteiger partial charge in [0.2, 0.25) is 0 Å². The van der Waals surface area contributed by atoms with Gasteiger partial charge >= 0.3 is 0 Å². The van der Waals surface area contributed by atoms with Crippen LogP contribution in [0.1, 0.15) is 5.56 Å². The first kappa shape index (κ1) is 25.3. The molecule has 5 rings (SSSR count). The fraction of sp³-hybridized carbons (Fsp3) is 0.259. The van der Waals surface area contributed by atoms with Crippen molar-refractivity contribution in [3.05, 3.63) is 77.4 Å². The van der Waals surface area contributed by atoms with E-state index in [1.54, 1.807) is 67.9 Å². The number of likely N-dealkylation sites (N-methyl/N-ethyl adjacent to an activating group) is 1. The number of halogens is 1. The highest BCUT2D eigenvalue weighted by atomic mass is 35.5. The molecule has 4 aromatic rings. The zero-order valence-electron chi connectivity index (χ0n) is 20.9. The molecule has 0 spiro atoms. The molecule has 1 saturated heterocycles. The summed E-state index contributed by atoms with van der Waals surface area (Å²) in [7, 11) is -0.436. The fourth-order valence-corrected chi connectivity index (χ4v) is 5.98. The molecular weight excluding hydrogens is 510 g/mol. The number of rotatable bonds is 6. The lowest BCUT2D eigenvalue weighted by Gasteiger charge is -2.34. The molecule has 0 radical (unpaired) electrons. The smallest absolute Gasteiger partial charge is 0.271 e. The van der Waals surface area contributed by atoms with Gasteiger partial charge in [0.25, 0.3) is 10.0 Å². The SMILES string of the molecule is COc1ccc(Cl)c2ccc(N(c3cc(N4CCN(C)CC4)ccn3)S(=O)(=O)c3ccc(C)cc3)nc12. The van der Waals surface area contributed by atoms with Gasteiger partial charge in [0.1, 0.15) is 17.1 Å². The number of pyridine rings is 2. The van der Waals surface area contributed by atoms with Crippen molar-refractivity contribution in [1.29, 1.82) is 0 Å². The molecule has 3 heterocycles. The number of aryl methyl sites for hydroxylation is 1. The van der Waals surface area contributed by atoms with E-state index in [2.05, 4.69) is 21.8 Å². The van der Waals surface area contributed by atoms with E-state index < -0.39 is 10.0 Å². The zero-order valence-corrected chi connectivity index (χ0v) is 22.5. The normalized spacial score (nSPS) is 14.6. The van der Waals surface area contributed by atoms with Crippen molar-refractivity contribution in [2.45, 2.75) is 11.8 Å². The van der Waals surface area contributed by atoms with Crippen LogP contribution in [0.25, 0.3) is 10.9 Å². The molecule has 1 aliphatic heterocycles. The van der Waals surface area contributed by atoms with E-state index in [1.165, 1.54) is 4.31 Å². The first-order chi connectivity index (χ1) is 17.8. The first-order valence-electron chi connectivity index (χ1n) is 11.9. The summed E-state index contributed by atoms with van der Waals surface area (Å²) in [6, 6.07) is 17.3. The average Bonchev–Trinajstić information content (AvgIpc) is 2.90. The Morgan fingerprint density at radius 2 is 1.68 bits per heavy atom. The monoisotopic (exact) mass is 537 g/mol. The molecule has 37 heavy (non-hydrogen) atoms. The van der Waals surface area contributed by atoms with Gasteiger partial charge in [0, 0.05) is 49.5 Å². The Morgan fingerprint density at radius 1 is 0.946 bits per heavy atom. The van der Waals surface area contributed by atoms with E-state index in [1.807, 2.05) is 13.0 Å². The van der Waals surface area contributed by atoms with Crippen LogP contribution < -0.4 is 13.9 Å². The van der Waals surface area contributed by atoms with E-state index >= 15 is 0 Å². The number of fused-ring (bicyclic) bond motifs is 1. The molecule has 0 atom stereocenters. The third-order valence-electron chi connectivity index (χ3n) is 6.55. The number of nitrogens with zero attached hydrogens (tertiary/aromatic N) is 5. The zero-order chi connectivity index (χ0) is 26.2. The number of methoxy groups -OCH3 is 1. The molecule has 0 aliphatic carbocycles. The van der Waals surface area contributed by atoms with Gasteiger partial charge in [-0.1, -0.05) is 29.3 Å². The summed E-state index contributed by atoms with van der Waals surface area (Å²) in [5.74, 6) is 0.939. The van der Waals surface area contributed by atoms with Crippen molar-refractivity contribution in [3.8, 4) is 5.75 Å². The van der Waals surface area contributed by atoms with Crippen LogP contribution in [0.3, 0.4) is 0 Å². The van der Waals surface area contributed by atoms with Crippen molar-refractivity contribution < 1.29 is 13.2 Å². The molecule has 2 aromatic carbocycles. The topological polar surface area (TPSA) is 78.9 Å². The van der Waals surface area contributed by atoms with Gasteiger partial charge in [-0.3, -0.25) is 0 Å². The molecule has 0 unspecified atom stereocenters. The van der Waals surface area contributed by atoms with Gasteiger partial charge in [-0.05, 0) is 56.4 Å². The summed E-state index contributed by atoms with van der Waals surface area (Å²) in [6.07, 6.45) is 1.64. The molecule has 8 nitrogen and oxygen atoms in total. The van der Waals surface area contributed by atoms with E-state index in [0.717, 1.165) is 37.4 Å². The molecule has 192 valence electrons. The molecule has 1 fully saturated rings. The van der Waals surface area contributed by atoms with Gasteiger partial charge in [-0.25, -0.2) is 22.7 Å². The van der Waals surface area contributed by atoms with Crippen LogP contribution in [0.5, 0.6) is 5.75 Å². The quantitative estimate of drug-likeness (QED) is 0.347. The summed E-state index contributed by atoms with van der Waals surface area (Å²) in [6.45, 7) is 5.45. The van der Waals surface area contributed by atoms with E-state index in [4.69, 9.17) is 21.3 Å². The minimum absolute atomic E-state index is 0.143. The molecule has 0 bridgehead atoms. The van der Waals surface area contributed by atoms with Crippen molar-refractivity contribution in [1.82, 2.24) is 14.9 Å². The molecule has 0 saturated carbocycles. The first-order valence-corrected chi connectivity index (χ1v) is 13.7. The lowest BCUT2D eigenvalue weighted by molar-refractivity contribution is 0.313. The summed E-state index contributed by atoms with van der Waals surface area (Å²) in [4.78, 5) is 13.9. The van der Waals surface area contributed by atoms with E-state index in [0.29, 0.717) is 21.7 Å². The fourth-order valence-electron chi connectivity index (χ4n) is 4.38. The van der Waals surface area contributed by atoms with Crippen LogP contribution in [-0.2, 0) is 10.0 Å². The van der Waals surface area contributed by atoms with Gasteiger partial charge in [-0.2, -0.15) is 0 Å². The number of anilines is 3. The molecule has 2 aromatic heterocycles. The van der Waals surface area contributed by atoms with Crippen molar-refractivity contribution >= 4 is 49.9 Å². The Kier molecular flexibility index (Phi) is 6.94. The Morgan fingerprint density at radius 3 is 2.38 bits per heavy atom. The standard InChI is InChI=1S/C27H28ClN5O3S/c1-19-4-6-21(7-5-19)37(34,35)33(25-11-8-22-23(28)9-10-24(36-3)27(22)30-25)26-18-20(12-13-29-26)32-16-14-31(2)15-17-32/h4-13,18H,14-17H2,1-3H3. The van der Waals surface area contributed by atoms with Crippen molar-refractivity contribution in [3.63, 3.8) is 0 Å². The summed E-state index contributed by atoms with van der Waals surface area (Å²) in [5.41, 5.74) is 2.33. The molecule has 1 aliphatic rings. The number of hydrogen-bond acceptors (Lipinski definition) is 7. The maximum Gasteiger partial charge on any atom is 0.271 e. The van der Waals surface area contributed by atoms with E-state index in [-0.39, 0.29) is 16.5 Å². The van der Waals surface area contributed by atoms with Gasteiger partial charge in [0.05, 0.1) is 17.0 Å². The maximum atomic E-state index is 14.1. The van der Waals surface area contributed by atoms with Crippen molar-refractivity contribution in [2.24, 2.45) is 0 Å². The predicted octanol–water partition coefficient (Wildman–Crippen LogP) is 4.88. The highest BCUT2D eigenvalue weighted by Crippen LogP contribution is 2.36. The molecular formula is C27H28ClN5O3S. The number of piperazine rings is 1. The van der Waals surface area contributed by atoms with Crippen LogP contribution in [0.15, 0.2) is 71.8 Å². The number of aromatic nitrogens is 2. The van der Waals surface area contributed by atoms with E-state index in [9.17, 15) is 8.42 Å². The summed E-state index contributed by atoms with van der Waals surface area (Å²) >= 11 is 6.40. The van der Waals surface area contributed by atoms with Gasteiger partial charge in [0.15, 0.2) is 5.82 Å². The minimum Gasteiger partial charge on any atom is -0.494 e. The second-order valence-electron chi connectivity index (χ2n) is 9.06. The Balaban J connectivity index is 1.68. The third kappa shape index (κ3) is 4.94. The molecule has 0 N–H and O–H groups in total. The highest BCUT2D eigenvalue weighted by molar-refractivity contribution is 7.93. The van der Waals surface area contributed by atoms with Crippen LogP contribution in [0, 0.1) is 6.92 Å². The lowest BCUT2D eigenvalue weighted by atomic mass is 10.2. The van der Waals surface area contributed by atoms with Crippen molar-refractivity contribution in [2.75, 3.05) is 49.5 Å². The van der Waals surface area contributed by atoms with Crippen LogP contribution in [-0.4, -0.2) is 63.6 Å². The number of ether oxygens (including phenoxy) is 1. The highest BCUT2D eigenvalue weighted by Gasteiger charge is 2.30. The number of sulfonamides is 1. The third-order valence-corrected chi connectivity index (χ3v) is 8.60. The Bertz CT molecular complexity index is 1540. The van der Waals surface area contributed by atoms with Crippen LogP contribution in [0.4, 0.5) is 17.3 Å². The predicted molar refractivity (Wildman–Crippen MR) is 148 cm³/mol. The van der Waals surface area contributed by atoms with Crippen LogP contribution in [0.2, 0.25) is 5.02 Å². The number of benzene rings is 2.